The SMILES string of the molecule is CCOC(=O)NC(C)c1cn[nH]c1. The number of nitrogens with zero attached hydrogens (tertiary/aromatic N) is 1. The molecule has 1 heterocycles. The number of aromatic amines is 1. The van der Waals surface area contributed by atoms with Gasteiger partial charge in [0.15, 0.2) is 0 Å². The zero-order valence-corrected chi connectivity index (χ0v) is 7.70. The molecule has 1 rings (SSSR count). The quantitative estimate of drug-likeness (QED) is 0.740. The minimum Gasteiger partial charge on any atom is -0.450 e. The highest BCUT2D eigenvalue weighted by Gasteiger charge is 2.09. The largest absolute Gasteiger partial charge is 0.450 e. The Hall–Kier alpha value is -1.52. The summed E-state index contributed by atoms with van der Waals surface area (Å²) in [6.45, 7) is 4.01. The average molecular weight is 183 g/mol. The molecule has 0 aliphatic rings. The van der Waals surface area contributed by atoms with Crippen molar-refractivity contribution in [1.82, 2.24) is 15.5 Å². The normalized spacial score (nSPS) is 12.2. The van der Waals surface area contributed by atoms with Gasteiger partial charge >= 0.3 is 6.09 Å². The van der Waals surface area contributed by atoms with Gasteiger partial charge in [-0.1, -0.05) is 0 Å². The van der Waals surface area contributed by atoms with Gasteiger partial charge in [0.05, 0.1) is 18.8 Å². The monoisotopic (exact) mass is 183 g/mol. The summed E-state index contributed by atoms with van der Waals surface area (Å²) in [6.07, 6.45) is 2.99. The molecular weight excluding hydrogens is 170 g/mol. The highest BCUT2D eigenvalue weighted by Crippen LogP contribution is 2.08. The number of carbonyl (C=O) groups is 1. The Morgan fingerprint density at radius 2 is 2.62 bits per heavy atom. The van der Waals surface area contributed by atoms with E-state index in [2.05, 4.69) is 15.5 Å². The number of ether oxygens (including phenoxy) is 1. The molecule has 5 nitrogen and oxygen atoms in total. The van der Waals surface area contributed by atoms with Gasteiger partial charge < -0.3 is 10.1 Å². The molecule has 1 aromatic heterocycles. The van der Waals surface area contributed by atoms with Crippen LogP contribution in [0.15, 0.2) is 12.4 Å². The fraction of sp³-hybridized carbons (Fsp3) is 0.500. The highest BCUT2D eigenvalue weighted by atomic mass is 16.5. The molecule has 0 aliphatic heterocycles. The van der Waals surface area contributed by atoms with Crippen molar-refractivity contribution in [2.45, 2.75) is 19.9 Å². The zero-order chi connectivity index (χ0) is 9.68. The van der Waals surface area contributed by atoms with Crippen molar-refractivity contribution in [3.63, 3.8) is 0 Å². The molecule has 0 saturated heterocycles. The van der Waals surface area contributed by atoms with Crippen molar-refractivity contribution in [2.75, 3.05) is 6.61 Å². The number of alkyl carbamates (subject to hydrolysis) is 1. The van der Waals surface area contributed by atoms with Gasteiger partial charge in [-0.15, -0.1) is 0 Å². The lowest BCUT2D eigenvalue weighted by Crippen LogP contribution is -2.27. The van der Waals surface area contributed by atoms with E-state index in [4.69, 9.17) is 4.74 Å². The summed E-state index contributed by atoms with van der Waals surface area (Å²) in [5, 5.41) is 9.12. The lowest BCUT2D eigenvalue weighted by molar-refractivity contribution is 0.149. The minimum atomic E-state index is -0.406. The lowest BCUT2D eigenvalue weighted by atomic mass is 10.2. The third-order valence-electron chi connectivity index (χ3n) is 1.63. The van der Waals surface area contributed by atoms with Crippen LogP contribution in [0.3, 0.4) is 0 Å². The highest BCUT2D eigenvalue weighted by molar-refractivity contribution is 5.67. The Balaban J connectivity index is 2.42. The van der Waals surface area contributed by atoms with Gasteiger partial charge in [-0.05, 0) is 13.8 Å². The van der Waals surface area contributed by atoms with Crippen molar-refractivity contribution >= 4 is 6.09 Å². The van der Waals surface area contributed by atoms with E-state index in [9.17, 15) is 4.79 Å². The molecule has 0 fully saturated rings. The van der Waals surface area contributed by atoms with Crippen LogP contribution < -0.4 is 5.32 Å². The first-order chi connectivity index (χ1) is 6.24. The van der Waals surface area contributed by atoms with Crippen LogP contribution in [0.4, 0.5) is 4.79 Å². The van der Waals surface area contributed by atoms with Gasteiger partial charge in [0.25, 0.3) is 0 Å². The van der Waals surface area contributed by atoms with E-state index in [0.717, 1.165) is 5.56 Å². The van der Waals surface area contributed by atoms with Crippen molar-refractivity contribution < 1.29 is 9.53 Å². The van der Waals surface area contributed by atoms with Crippen LogP contribution in [-0.2, 0) is 4.74 Å². The molecule has 2 N–H and O–H groups in total. The number of rotatable bonds is 3. The Labute approximate surface area is 76.5 Å². The van der Waals surface area contributed by atoms with Crippen LogP contribution in [-0.4, -0.2) is 22.9 Å². The maximum Gasteiger partial charge on any atom is 0.407 e. The third kappa shape index (κ3) is 2.77. The fourth-order valence-electron chi connectivity index (χ4n) is 0.931. The van der Waals surface area contributed by atoms with Gasteiger partial charge in [0.2, 0.25) is 0 Å². The second-order valence-electron chi connectivity index (χ2n) is 2.62. The molecular formula is C8H13N3O2. The number of hydrogen-bond donors (Lipinski definition) is 2. The first kappa shape index (κ1) is 9.57. The Morgan fingerprint density at radius 1 is 1.85 bits per heavy atom. The standard InChI is InChI=1S/C8H13N3O2/c1-3-13-8(12)11-6(2)7-4-9-10-5-7/h4-6H,3H2,1-2H3,(H,9,10)(H,11,12). The topological polar surface area (TPSA) is 67.0 Å². The molecule has 0 radical (unpaired) electrons. The number of carbonyl (C=O) groups excluding carboxylic acids is 1. The van der Waals surface area contributed by atoms with E-state index in [1.54, 1.807) is 19.3 Å². The first-order valence-electron chi connectivity index (χ1n) is 4.16. The summed E-state index contributed by atoms with van der Waals surface area (Å²) in [4.78, 5) is 11.0. The summed E-state index contributed by atoms with van der Waals surface area (Å²) in [5.41, 5.74) is 0.924. The molecule has 0 spiro atoms. The van der Waals surface area contributed by atoms with E-state index in [0.29, 0.717) is 6.61 Å². The van der Waals surface area contributed by atoms with Crippen molar-refractivity contribution in [3.05, 3.63) is 18.0 Å². The summed E-state index contributed by atoms with van der Waals surface area (Å²) < 4.78 is 4.73. The maximum atomic E-state index is 11.0. The number of hydrogen-bond acceptors (Lipinski definition) is 3. The molecule has 1 amide bonds. The summed E-state index contributed by atoms with van der Waals surface area (Å²) in [7, 11) is 0. The third-order valence-corrected chi connectivity index (χ3v) is 1.63. The zero-order valence-electron chi connectivity index (χ0n) is 7.70. The van der Waals surface area contributed by atoms with Crippen LogP contribution >= 0.6 is 0 Å². The van der Waals surface area contributed by atoms with Crippen LogP contribution in [0.1, 0.15) is 25.5 Å². The van der Waals surface area contributed by atoms with Gasteiger partial charge in [-0.3, -0.25) is 5.10 Å². The Bertz CT molecular complexity index is 258. The molecule has 0 aliphatic carbocycles. The van der Waals surface area contributed by atoms with E-state index in [-0.39, 0.29) is 6.04 Å². The average Bonchev–Trinajstić information content (AvgIpc) is 2.55. The first-order valence-corrected chi connectivity index (χ1v) is 4.16. The van der Waals surface area contributed by atoms with Gasteiger partial charge in [-0.25, -0.2) is 4.79 Å². The number of amides is 1. The van der Waals surface area contributed by atoms with Gasteiger partial charge in [-0.2, -0.15) is 5.10 Å². The molecule has 1 aromatic rings. The predicted molar refractivity (Wildman–Crippen MR) is 47.2 cm³/mol. The molecule has 1 atom stereocenters. The van der Waals surface area contributed by atoms with Crippen LogP contribution in [0, 0.1) is 0 Å². The van der Waals surface area contributed by atoms with Gasteiger partial charge in [0, 0.05) is 11.8 Å². The molecule has 0 bridgehead atoms. The van der Waals surface area contributed by atoms with Crippen LogP contribution in [0.25, 0.3) is 0 Å². The predicted octanol–water partition coefficient (Wildman–Crippen LogP) is 1.22. The van der Waals surface area contributed by atoms with Crippen molar-refractivity contribution in [1.29, 1.82) is 0 Å². The number of H-pyrrole nitrogens is 1. The summed E-state index contributed by atoms with van der Waals surface area (Å²) in [6, 6.07) is -0.0854. The molecule has 72 valence electrons. The fourth-order valence-corrected chi connectivity index (χ4v) is 0.931. The lowest BCUT2D eigenvalue weighted by Gasteiger charge is -2.10. The smallest absolute Gasteiger partial charge is 0.407 e. The second kappa shape index (κ2) is 4.49. The van der Waals surface area contributed by atoms with E-state index in [1.165, 1.54) is 0 Å². The molecule has 13 heavy (non-hydrogen) atoms. The Morgan fingerprint density at radius 3 is 3.15 bits per heavy atom. The van der Waals surface area contributed by atoms with Crippen molar-refractivity contribution in [2.24, 2.45) is 0 Å². The van der Waals surface area contributed by atoms with Gasteiger partial charge in [0.1, 0.15) is 0 Å². The van der Waals surface area contributed by atoms with E-state index in [1.807, 2.05) is 6.92 Å². The van der Waals surface area contributed by atoms with E-state index < -0.39 is 6.09 Å². The van der Waals surface area contributed by atoms with Crippen molar-refractivity contribution in [3.8, 4) is 0 Å². The number of aromatic nitrogens is 2. The second-order valence-corrected chi connectivity index (χ2v) is 2.62. The Kier molecular flexibility index (Phi) is 3.31. The maximum absolute atomic E-state index is 11.0. The van der Waals surface area contributed by atoms with E-state index >= 15 is 0 Å². The summed E-state index contributed by atoms with van der Waals surface area (Å²) >= 11 is 0. The molecule has 1 unspecified atom stereocenters. The van der Waals surface area contributed by atoms with Crippen LogP contribution in [0.2, 0.25) is 0 Å². The molecule has 0 saturated carbocycles. The molecule has 0 aromatic carbocycles. The summed E-state index contributed by atoms with van der Waals surface area (Å²) in [5.74, 6) is 0. The van der Waals surface area contributed by atoms with Crippen LogP contribution in [0.5, 0.6) is 0 Å². The number of nitrogens with one attached hydrogen (secondary N) is 2. The molecule has 5 heteroatoms. The minimum absolute atomic E-state index is 0.0854.